The molecule has 136 valence electrons. The van der Waals surface area contributed by atoms with Gasteiger partial charge in [-0.3, -0.25) is 9.59 Å². The minimum atomic E-state index is -0.0961. The number of benzene rings is 1. The van der Waals surface area contributed by atoms with Gasteiger partial charge >= 0.3 is 5.97 Å². The van der Waals surface area contributed by atoms with E-state index in [-0.39, 0.29) is 23.8 Å². The highest BCUT2D eigenvalue weighted by Crippen LogP contribution is 2.26. The van der Waals surface area contributed by atoms with Crippen molar-refractivity contribution < 1.29 is 14.3 Å². The first kappa shape index (κ1) is 17.9. The van der Waals surface area contributed by atoms with E-state index in [1.54, 1.807) is 0 Å². The topological polar surface area (TPSA) is 58.6 Å². The van der Waals surface area contributed by atoms with Gasteiger partial charge in [-0.2, -0.15) is 0 Å². The first-order chi connectivity index (χ1) is 12.2. The third-order valence-electron chi connectivity index (χ3n) is 5.45. The molecule has 0 bridgehead atoms. The van der Waals surface area contributed by atoms with E-state index in [2.05, 4.69) is 17.4 Å². The molecule has 0 radical (unpaired) electrons. The van der Waals surface area contributed by atoms with Crippen LogP contribution >= 0.6 is 0 Å². The minimum absolute atomic E-state index is 0.0275. The van der Waals surface area contributed by atoms with E-state index in [0.29, 0.717) is 12.6 Å². The smallest absolute Gasteiger partial charge is 0.308 e. The highest BCUT2D eigenvalue weighted by Gasteiger charge is 2.33. The molecule has 1 aromatic carbocycles. The van der Waals surface area contributed by atoms with Crippen LogP contribution in [0.3, 0.4) is 0 Å². The number of methoxy groups -OCH3 is 1. The number of nitrogens with one attached hydrogen (secondary N) is 1. The maximum Gasteiger partial charge on any atom is 0.308 e. The SMILES string of the molecule is COC(=O)C1CCC(N[C@@H]2CCCN(Cc3ccccc3)C2=O)CC1. The molecular formula is C20H28N2O3. The quantitative estimate of drug-likeness (QED) is 0.834. The lowest BCUT2D eigenvalue weighted by atomic mass is 9.85. The van der Waals surface area contributed by atoms with E-state index in [1.165, 1.54) is 12.7 Å². The van der Waals surface area contributed by atoms with Crippen molar-refractivity contribution >= 4 is 11.9 Å². The Bertz CT molecular complexity index is 582. The van der Waals surface area contributed by atoms with Gasteiger partial charge in [-0.05, 0) is 44.1 Å². The molecule has 5 heteroatoms. The Labute approximate surface area is 149 Å². The van der Waals surface area contributed by atoms with Gasteiger partial charge in [0.25, 0.3) is 0 Å². The van der Waals surface area contributed by atoms with Crippen LogP contribution in [0, 0.1) is 5.92 Å². The fourth-order valence-corrected chi connectivity index (χ4v) is 4.00. The van der Waals surface area contributed by atoms with Gasteiger partial charge in [-0.1, -0.05) is 30.3 Å². The second-order valence-electron chi connectivity index (χ2n) is 7.18. The maximum atomic E-state index is 12.8. The third-order valence-corrected chi connectivity index (χ3v) is 5.45. The van der Waals surface area contributed by atoms with E-state index in [1.807, 2.05) is 23.1 Å². The van der Waals surface area contributed by atoms with Crippen LogP contribution in [0.15, 0.2) is 30.3 Å². The second kappa shape index (κ2) is 8.48. The fourth-order valence-electron chi connectivity index (χ4n) is 4.00. The molecule has 1 aliphatic carbocycles. The Morgan fingerprint density at radius 3 is 2.56 bits per heavy atom. The first-order valence-electron chi connectivity index (χ1n) is 9.34. The van der Waals surface area contributed by atoms with Crippen LogP contribution in [0.25, 0.3) is 0 Å². The molecular weight excluding hydrogens is 316 g/mol. The lowest BCUT2D eigenvalue weighted by Crippen LogP contribution is -2.53. The summed E-state index contributed by atoms with van der Waals surface area (Å²) in [7, 11) is 1.45. The highest BCUT2D eigenvalue weighted by atomic mass is 16.5. The summed E-state index contributed by atoms with van der Waals surface area (Å²) in [4.78, 5) is 26.4. The van der Waals surface area contributed by atoms with Gasteiger partial charge in [0, 0.05) is 19.1 Å². The van der Waals surface area contributed by atoms with E-state index >= 15 is 0 Å². The van der Waals surface area contributed by atoms with E-state index in [4.69, 9.17) is 4.74 Å². The van der Waals surface area contributed by atoms with Crippen LogP contribution in [0.4, 0.5) is 0 Å². The molecule has 25 heavy (non-hydrogen) atoms. The number of amides is 1. The number of carbonyl (C=O) groups is 2. The summed E-state index contributed by atoms with van der Waals surface area (Å²) in [6, 6.07) is 10.4. The van der Waals surface area contributed by atoms with Crippen molar-refractivity contribution in [2.24, 2.45) is 5.92 Å². The summed E-state index contributed by atoms with van der Waals surface area (Å²) in [5, 5.41) is 3.56. The molecule has 1 N–H and O–H groups in total. The number of rotatable bonds is 5. The van der Waals surface area contributed by atoms with Gasteiger partial charge < -0.3 is 15.0 Å². The second-order valence-corrected chi connectivity index (χ2v) is 7.18. The van der Waals surface area contributed by atoms with Crippen LogP contribution < -0.4 is 5.32 Å². The Morgan fingerprint density at radius 1 is 1.16 bits per heavy atom. The molecule has 3 rings (SSSR count). The van der Waals surface area contributed by atoms with E-state index in [0.717, 1.165) is 45.1 Å². The largest absolute Gasteiger partial charge is 0.469 e. The lowest BCUT2D eigenvalue weighted by molar-refractivity contribution is -0.147. The molecule has 1 aliphatic heterocycles. The predicted molar refractivity (Wildman–Crippen MR) is 95.8 cm³/mol. The molecule has 5 nitrogen and oxygen atoms in total. The van der Waals surface area contributed by atoms with Crippen LogP contribution in [0.5, 0.6) is 0 Å². The van der Waals surface area contributed by atoms with Crippen LogP contribution in [-0.4, -0.2) is 42.5 Å². The average Bonchev–Trinajstić information content (AvgIpc) is 2.66. The zero-order valence-corrected chi connectivity index (χ0v) is 14.9. The summed E-state index contributed by atoms with van der Waals surface area (Å²) < 4.78 is 4.84. The summed E-state index contributed by atoms with van der Waals surface area (Å²) >= 11 is 0. The number of esters is 1. The van der Waals surface area contributed by atoms with Gasteiger partial charge in [0.2, 0.25) is 5.91 Å². The summed E-state index contributed by atoms with van der Waals surface area (Å²) in [6.07, 6.45) is 5.50. The average molecular weight is 344 g/mol. The van der Waals surface area contributed by atoms with Crippen molar-refractivity contribution in [1.29, 1.82) is 0 Å². The van der Waals surface area contributed by atoms with Crippen LogP contribution in [-0.2, 0) is 20.9 Å². The highest BCUT2D eigenvalue weighted by molar-refractivity contribution is 5.82. The number of carbonyl (C=O) groups excluding carboxylic acids is 2. The molecule has 1 heterocycles. The standard InChI is InChI=1S/C20H28N2O3/c1-25-20(24)16-9-11-17(12-10-16)21-18-8-5-13-22(19(18)23)14-15-6-3-2-4-7-15/h2-4,6-7,16-18,21H,5,8-14H2,1H3/t16?,17?,18-/m1/s1. The van der Waals surface area contributed by atoms with E-state index in [9.17, 15) is 9.59 Å². The number of nitrogens with zero attached hydrogens (tertiary/aromatic N) is 1. The Kier molecular flexibility index (Phi) is 6.08. The van der Waals surface area contributed by atoms with Crippen LogP contribution in [0.1, 0.15) is 44.1 Å². The summed E-state index contributed by atoms with van der Waals surface area (Å²) in [6.45, 7) is 1.52. The first-order valence-corrected chi connectivity index (χ1v) is 9.34. The van der Waals surface area contributed by atoms with Crippen molar-refractivity contribution in [3.8, 4) is 0 Å². The summed E-state index contributed by atoms with van der Waals surface area (Å²) in [5.41, 5.74) is 1.18. The molecule has 0 aromatic heterocycles. The number of hydrogen-bond acceptors (Lipinski definition) is 4. The van der Waals surface area contributed by atoms with Gasteiger partial charge in [0.15, 0.2) is 0 Å². The lowest BCUT2D eigenvalue weighted by Gasteiger charge is -2.36. The third kappa shape index (κ3) is 4.60. The van der Waals surface area contributed by atoms with Crippen molar-refractivity contribution in [1.82, 2.24) is 10.2 Å². The summed E-state index contributed by atoms with van der Waals surface area (Å²) in [5.74, 6) is 0.145. The molecule has 0 unspecified atom stereocenters. The Balaban J connectivity index is 1.51. The normalized spacial score (nSPS) is 27.2. The van der Waals surface area contributed by atoms with Gasteiger partial charge in [-0.25, -0.2) is 0 Å². The van der Waals surface area contributed by atoms with Gasteiger partial charge in [0.05, 0.1) is 19.1 Å². The number of hydrogen-bond donors (Lipinski definition) is 1. The molecule has 2 aliphatic rings. The molecule has 1 aromatic rings. The molecule has 1 amide bonds. The monoisotopic (exact) mass is 344 g/mol. The zero-order chi connectivity index (χ0) is 17.6. The van der Waals surface area contributed by atoms with Gasteiger partial charge in [0.1, 0.15) is 0 Å². The number of ether oxygens (including phenoxy) is 1. The minimum Gasteiger partial charge on any atom is -0.469 e. The Morgan fingerprint density at radius 2 is 1.88 bits per heavy atom. The number of likely N-dealkylation sites (tertiary alicyclic amines) is 1. The maximum absolute atomic E-state index is 12.8. The van der Waals surface area contributed by atoms with Crippen molar-refractivity contribution in [3.05, 3.63) is 35.9 Å². The van der Waals surface area contributed by atoms with Crippen molar-refractivity contribution in [3.63, 3.8) is 0 Å². The fraction of sp³-hybridized carbons (Fsp3) is 0.600. The van der Waals surface area contributed by atoms with Crippen molar-refractivity contribution in [2.45, 2.75) is 57.2 Å². The predicted octanol–water partition coefficient (Wildman–Crippen LogP) is 2.50. The molecule has 1 atom stereocenters. The van der Waals surface area contributed by atoms with Gasteiger partial charge in [-0.15, -0.1) is 0 Å². The number of piperidine rings is 1. The molecule has 1 saturated heterocycles. The Hall–Kier alpha value is -1.88. The zero-order valence-electron chi connectivity index (χ0n) is 14.9. The van der Waals surface area contributed by atoms with E-state index < -0.39 is 0 Å². The molecule has 2 fully saturated rings. The molecule has 1 saturated carbocycles. The van der Waals surface area contributed by atoms with Crippen molar-refractivity contribution in [2.75, 3.05) is 13.7 Å². The molecule has 0 spiro atoms. The van der Waals surface area contributed by atoms with Crippen LogP contribution in [0.2, 0.25) is 0 Å².